The van der Waals surface area contributed by atoms with Gasteiger partial charge >= 0.3 is 0 Å². The maximum atomic E-state index is 13.2. The van der Waals surface area contributed by atoms with Crippen LogP contribution in [0.4, 0.5) is 0 Å². The zero-order valence-corrected chi connectivity index (χ0v) is 18.9. The zero-order valence-electron chi connectivity index (χ0n) is 17.4. The number of benzene rings is 2. The first-order valence-electron chi connectivity index (χ1n) is 9.74. The van der Waals surface area contributed by atoms with Gasteiger partial charge in [-0.15, -0.1) is 11.3 Å². The molecule has 0 radical (unpaired) electrons. The molecule has 0 bridgehead atoms. The smallest absolute Gasteiger partial charge is 0.295 e. The number of nitrogens with zero attached hydrogens (tertiary/aromatic N) is 1. The SMILES string of the molecule is COc1cccc(OC)c1/C(O)=C1\C(=O)C(=O)N(Cc2cccs2)C1c1ccc(Cl)cc1. The molecular weight excluding hydrogens is 450 g/mol. The summed E-state index contributed by atoms with van der Waals surface area (Å²) in [5, 5.41) is 13.8. The highest BCUT2D eigenvalue weighted by Gasteiger charge is 2.46. The van der Waals surface area contributed by atoms with Crippen molar-refractivity contribution in [1.82, 2.24) is 4.90 Å². The summed E-state index contributed by atoms with van der Waals surface area (Å²) in [7, 11) is 2.91. The lowest BCUT2D eigenvalue weighted by Crippen LogP contribution is -2.28. The first-order valence-corrected chi connectivity index (χ1v) is 11.0. The molecule has 0 aliphatic carbocycles. The molecule has 164 valence electrons. The minimum absolute atomic E-state index is 0.0309. The monoisotopic (exact) mass is 469 g/mol. The van der Waals surface area contributed by atoms with Crippen molar-refractivity contribution >= 4 is 40.4 Å². The summed E-state index contributed by atoms with van der Waals surface area (Å²) in [6.07, 6.45) is 0. The molecule has 1 amide bonds. The van der Waals surface area contributed by atoms with Gasteiger partial charge in [0.05, 0.1) is 32.4 Å². The third-order valence-corrected chi connectivity index (χ3v) is 6.41. The Hall–Kier alpha value is -3.29. The van der Waals surface area contributed by atoms with E-state index in [1.807, 2.05) is 17.5 Å². The normalized spacial score (nSPS) is 17.6. The van der Waals surface area contributed by atoms with Gasteiger partial charge < -0.3 is 19.5 Å². The Morgan fingerprint density at radius 3 is 2.25 bits per heavy atom. The van der Waals surface area contributed by atoms with E-state index in [0.29, 0.717) is 22.1 Å². The molecule has 1 unspecified atom stereocenters. The number of ether oxygens (including phenoxy) is 2. The third kappa shape index (κ3) is 3.85. The zero-order chi connectivity index (χ0) is 22.8. The van der Waals surface area contributed by atoms with Crippen molar-refractivity contribution in [2.75, 3.05) is 14.2 Å². The number of likely N-dealkylation sites (tertiary alicyclic amines) is 1. The maximum Gasteiger partial charge on any atom is 0.295 e. The third-order valence-electron chi connectivity index (χ3n) is 5.30. The highest BCUT2D eigenvalue weighted by molar-refractivity contribution is 7.09. The second-order valence-corrected chi connectivity index (χ2v) is 8.56. The highest BCUT2D eigenvalue weighted by atomic mass is 35.5. The molecule has 2 aromatic carbocycles. The van der Waals surface area contributed by atoms with Crippen LogP contribution in [0.3, 0.4) is 0 Å². The molecule has 6 nitrogen and oxygen atoms in total. The van der Waals surface area contributed by atoms with Crippen LogP contribution >= 0.6 is 22.9 Å². The number of Topliss-reactive ketones (excluding diaryl/α,β-unsaturated/α-hetero) is 1. The summed E-state index contributed by atoms with van der Waals surface area (Å²) in [6, 6.07) is 14.8. The Morgan fingerprint density at radius 1 is 1.03 bits per heavy atom. The fourth-order valence-corrected chi connectivity index (χ4v) is 4.65. The molecule has 2 heterocycles. The molecule has 1 atom stereocenters. The average Bonchev–Trinajstić information content (AvgIpc) is 3.41. The van der Waals surface area contributed by atoms with Gasteiger partial charge in [0, 0.05) is 9.90 Å². The van der Waals surface area contributed by atoms with Crippen molar-refractivity contribution in [2.45, 2.75) is 12.6 Å². The topological polar surface area (TPSA) is 76.1 Å². The van der Waals surface area contributed by atoms with Gasteiger partial charge in [0.1, 0.15) is 22.8 Å². The molecule has 0 spiro atoms. The number of hydrogen-bond donors (Lipinski definition) is 1. The number of methoxy groups -OCH3 is 2. The summed E-state index contributed by atoms with van der Waals surface area (Å²) in [5.41, 5.74) is 0.836. The molecular formula is C24H20ClNO5S. The Labute approximate surface area is 194 Å². The quantitative estimate of drug-likeness (QED) is 0.311. The van der Waals surface area contributed by atoms with Crippen LogP contribution < -0.4 is 9.47 Å². The number of carbonyl (C=O) groups is 2. The van der Waals surface area contributed by atoms with Gasteiger partial charge in [0.25, 0.3) is 11.7 Å². The summed E-state index contributed by atoms with van der Waals surface area (Å²) in [4.78, 5) is 28.7. The molecule has 4 rings (SSSR count). The molecule has 1 aromatic heterocycles. The van der Waals surface area contributed by atoms with Crippen molar-refractivity contribution < 1.29 is 24.2 Å². The number of amides is 1. The number of aliphatic hydroxyl groups is 1. The Kier molecular flexibility index (Phi) is 6.21. The van der Waals surface area contributed by atoms with E-state index in [1.165, 1.54) is 30.5 Å². The fraction of sp³-hybridized carbons (Fsp3) is 0.167. The van der Waals surface area contributed by atoms with Crippen LogP contribution in [-0.2, 0) is 16.1 Å². The average molecular weight is 470 g/mol. The number of thiophene rings is 1. The van der Waals surface area contributed by atoms with Crippen LogP contribution in [0.1, 0.15) is 22.0 Å². The van der Waals surface area contributed by atoms with E-state index in [1.54, 1.807) is 42.5 Å². The second-order valence-electron chi connectivity index (χ2n) is 7.10. The number of carbonyl (C=O) groups excluding carboxylic acids is 2. The largest absolute Gasteiger partial charge is 0.506 e. The van der Waals surface area contributed by atoms with Crippen molar-refractivity contribution in [2.24, 2.45) is 0 Å². The van der Waals surface area contributed by atoms with E-state index < -0.39 is 17.7 Å². The number of rotatable bonds is 6. The summed E-state index contributed by atoms with van der Waals surface area (Å²) in [6.45, 7) is 0.232. The number of halogens is 1. The van der Waals surface area contributed by atoms with Crippen molar-refractivity contribution in [3.8, 4) is 11.5 Å². The van der Waals surface area contributed by atoms with E-state index in [0.717, 1.165) is 4.88 Å². The highest BCUT2D eigenvalue weighted by Crippen LogP contribution is 2.44. The molecule has 1 saturated heterocycles. The van der Waals surface area contributed by atoms with Gasteiger partial charge in [0.15, 0.2) is 0 Å². The molecule has 32 heavy (non-hydrogen) atoms. The minimum atomic E-state index is -0.802. The number of aliphatic hydroxyl groups excluding tert-OH is 1. The summed E-state index contributed by atoms with van der Waals surface area (Å²) >= 11 is 7.55. The van der Waals surface area contributed by atoms with E-state index in [9.17, 15) is 14.7 Å². The first kappa shape index (κ1) is 21.9. The lowest BCUT2D eigenvalue weighted by Gasteiger charge is -2.25. The predicted octanol–water partition coefficient (Wildman–Crippen LogP) is 5.04. The van der Waals surface area contributed by atoms with Gasteiger partial charge in [-0.25, -0.2) is 0 Å². The van der Waals surface area contributed by atoms with Crippen molar-refractivity contribution in [3.63, 3.8) is 0 Å². The van der Waals surface area contributed by atoms with Gasteiger partial charge in [-0.2, -0.15) is 0 Å². The molecule has 1 fully saturated rings. The lowest BCUT2D eigenvalue weighted by atomic mass is 9.94. The summed E-state index contributed by atoms with van der Waals surface area (Å²) < 4.78 is 10.8. The lowest BCUT2D eigenvalue weighted by molar-refractivity contribution is -0.140. The van der Waals surface area contributed by atoms with Crippen LogP contribution in [0.15, 0.2) is 65.6 Å². The fourth-order valence-electron chi connectivity index (χ4n) is 3.82. The van der Waals surface area contributed by atoms with Crippen LogP contribution in [0.2, 0.25) is 5.02 Å². The molecule has 1 N–H and O–H groups in total. The van der Waals surface area contributed by atoms with Gasteiger partial charge in [-0.3, -0.25) is 9.59 Å². The van der Waals surface area contributed by atoms with E-state index in [4.69, 9.17) is 21.1 Å². The van der Waals surface area contributed by atoms with E-state index in [-0.39, 0.29) is 23.4 Å². The van der Waals surface area contributed by atoms with Crippen molar-refractivity contribution in [3.05, 3.63) is 86.6 Å². The Morgan fingerprint density at radius 2 is 1.69 bits per heavy atom. The van der Waals surface area contributed by atoms with Crippen molar-refractivity contribution in [1.29, 1.82) is 0 Å². The van der Waals surface area contributed by atoms with Gasteiger partial charge in [-0.1, -0.05) is 35.9 Å². The molecule has 0 saturated carbocycles. The standard InChI is InChI=1S/C24H20ClNO5S/c1-30-17-6-3-7-18(31-2)19(17)22(27)20-21(14-8-10-15(25)11-9-14)26(24(29)23(20)28)13-16-5-4-12-32-16/h3-12,21,27H,13H2,1-2H3/b22-20+. The number of hydrogen-bond acceptors (Lipinski definition) is 6. The second kappa shape index (κ2) is 9.06. The maximum absolute atomic E-state index is 13.2. The Balaban J connectivity index is 1.94. The molecule has 8 heteroatoms. The van der Waals surface area contributed by atoms with E-state index in [2.05, 4.69) is 0 Å². The van der Waals surface area contributed by atoms with Crippen LogP contribution in [0, 0.1) is 0 Å². The molecule has 3 aromatic rings. The van der Waals surface area contributed by atoms with Gasteiger partial charge in [-0.05, 0) is 41.3 Å². The van der Waals surface area contributed by atoms with Crippen LogP contribution in [-0.4, -0.2) is 35.9 Å². The van der Waals surface area contributed by atoms with Crippen LogP contribution in [0.5, 0.6) is 11.5 Å². The minimum Gasteiger partial charge on any atom is -0.506 e. The van der Waals surface area contributed by atoms with E-state index >= 15 is 0 Å². The summed E-state index contributed by atoms with van der Waals surface area (Å²) in [5.74, 6) is -1.17. The molecule has 1 aliphatic heterocycles. The molecule has 1 aliphatic rings. The first-order chi connectivity index (χ1) is 15.5. The van der Waals surface area contributed by atoms with Crippen LogP contribution in [0.25, 0.3) is 5.76 Å². The predicted molar refractivity (Wildman–Crippen MR) is 123 cm³/mol. The number of ketones is 1. The van der Waals surface area contributed by atoms with Gasteiger partial charge in [0.2, 0.25) is 0 Å². The Bertz CT molecular complexity index is 1170.